The highest BCUT2D eigenvalue weighted by Crippen LogP contribution is 2.23. The molecule has 2 rings (SSSR count). The molecule has 1 aliphatic rings. The molecular weight excluding hydrogens is 212 g/mol. The van der Waals surface area contributed by atoms with Crippen molar-refractivity contribution in [1.82, 2.24) is 4.90 Å². The van der Waals surface area contributed by atoms with Gasteiger partial charge in [-0.2, -0.15) is 0 Å². The van der Waals surface area contributed by atoms with Gasteiger partial charge in [0.1, 0.15) is 0 Å². The van der Waals surface area contributed by atoms with E-state index in [1.807, 2.05) is 29.2 Å². The Bertz CT molecular complexity index is 399. The zero-order chi connectivity index (χ0) is 12.4. The third-order valence-corrected chi connectivity index (χ3v) is 3.44. The van der Waals surface area contributed by atoms with Crippen LogP contribution in [-0.2, 0) is 11.2 Å². The first-order chi connectivity index (χ1) is 8.06. The molecule has 0 aromatic heterocycles. The zero-order valence-corrected chi connectivity index (χ0v) is 10.5. The van der Waals surface area contributed by atoms with E-state index >= 15 is 0 Å². The van der Waals surface area contributed by atoms with Gasteiger partial charge in [-0.3, -0.25) is 4.79 Å². The molecule has 1 saturated heterocycles. The van der Waals surface area contributed by atoms with Gasteiger partial charge in [-0.1, -0.05) is 19.1 Å². The smallest absolute Gasteiger partial charge is 0.227 e. The van der Waals surface area contributed by atoms with E-state index in [4.69, 9.17) is 5.73 Å². The second-order valence-corrected chi connectivity index (χ2v) is 5.15. The summed E-state index contributed by atoms with van der Waals surface area (Å²) < 4.78 is 0. The van der Waals surface area contributed by atoms with Gasteiger partial charge in [0.2, 0.25) is 5.91 Å². The number of amides is 1. The van der Waals surface area contributed by atoms with Crippen molar-refractivity contribution < 1.29 is 4.79 Å². The summed E-state index contributed by atoms with van der Waals surface area (Å²) in [5.74, 6) is 0.854. The van der Waals surface area contributed by atoms with Gasteiger partial charge in [0.15, 0.2) is 0 Å². The SMILES string of the molecule is CC1CC(C)N(C(=O)Cc2ccc(N)cc2)C1. The number of rotatable bonds is 2. The van der Waals surface area contributed by atoms with E-state index < -0.39 is 0 Å². The van der Waals surface area contributed by atoms with E-state index in [1.54, 1.807) is 0 Å². The standard InChI is InChI=1S/C14H20N2O/c1-10-7-11(2)16(9-10)14(17)8-12-3-5-13(15)6-4-12/h3-6,10-11H,7-9,15H2,1-2H3. The number of benzene rings is 1. The molecule has 0 radical (unpaired) electrons. The van der Waals surface area contributed by atoms with Gasteiger partial charge in [-0.05, 0) is 37.0 Å². The Morgan fingerprint density at radius 2 is 2.00 bits per heavy atom. The lowest BCUT2D eigenvalue weighted by Crippen LogP contribution is -2.35. The fourth-order valence-corrected chi connectivity index (χ4v) is 2.56. The minimum atomic E-state index is 0.228. The van der Waals surface area contributed by atoms with E-state index in [0.717, 1.165) is 24.2 Å². The molecule has 2 atom stereocenters. The van der Waals surface area contributed by atoms with Gasteiger partial charge in [0.25, 0.3) is 0 Å². The Balaban J connectivity index is 1.99. The second-order valence-electron chi connectivity index (χ2n) is 5.15. The van der Waals surface area contributed by atoms with Crippen LogP contribution in [0.15, 0.2) is 24.3 Å². The maximum Gasteiger partial charge on any atom is 0.227 e. The van der Waals surface area contributed by atoms with Crippen LogP contribution < -0.4 is 5.73 Å². The molecule has 92 valence electrons. The number of carbonyl (C=O) groups is 1. The van der Waals surface area contributed by atoms with Gasteiger partial charge in [-0.25, -0.2) is 0 Å². The van der Waals surface area contributed by atoms with Crippen molar-refractivity contribution in [2.24, 2.45) is 5.92 Å². The van der Waals surface area contributed by atoms with Gasteiger partial charge >= 0.3 is 0 Å². The first kappa shape index (κ1) is 12.0. The minimum absolute atomic E-state index is 0.228. The maximum absolute atomic E-state index is 12.2. The van der Waals surface area contributed by atoms with Crippen LogP contribution in [0.25, 0.3) is 0 Å². The molecule has 1 fully saturated rings. The van der Waals surface area contributed by atoms with Crippen molar-refractivity contribution in [1.29, 1.82) is 0 Å². The molecule has 3 nitrogen and oxygen atoms in total. The second kappa shape index (κ2) is 4.78. The molecule has 0 saturated carbocycles. The number of carbonyl (C=O) groups excluding carboxylic acids is 1. The first-order valence-electron chi connectivity index (χ1n) is 6.20. The molecule has 1 heterocycles. The van der Waals surface area contributed by atoms with Crippen LogP contribution in [0.3, 0.4) is 0 Å². The summed E-state index contributed by atoms with van der Waals surface area (Å²) in [6.45, 7) is 5.23. The van der Waals surface area contributed by atoms with Crippen LogP contribution in [0.1, 0.15) is 25.8 Å². The summed E-state index contributed by atoms with van der Waals surface area (Å²) in [6, 6.07) is 7.93. The van der Waals surface area contributed by atoms with Gasteiger partial charge in [-0.15, -0.1) is 0 Å². The van der Waals surface area contributed by atoms with Gasteiger partial charge in [0, 0.05) is 18.3 Å². The van der Waals surface area contributed by atoms with E-state index in [-0.39, 0.29) is 5.91 Å². The highest BCUT2D eigenvalue weighted by Gasteiger charge is 2.29. The summed E-state index contributed by atoms with van der Waals surface area (Å²) in [5, 5.41) is 0. The Morgan fingerprint density at radius 3 is 2.53 bits per heavy atom. The predicted molar refractivity (Wildman–Crippen MR) is 69.5 cm³/mol. The average molecular weight is 232 g/mol. The summed E-state index contributed by atoms with van der Waals surface area (Å²) in [4.78, 5) is 14.2. The van der Waals surface area contributed by atoms with Crippen LogP contribution in [0.2, 0.25) is 0 Å². The largest absolute Gasteiger partial charge is 0.399 e. The minimum Gasteiger partial charge on any atom is -0.399 e. The van der Waals surface area contributed by atoms with Crippen molar-refractivity contribution in [3.63, 3.8) is 0 Å². The molecular formula is C14H20N2O. The number of hydrogen-bond acceptors (Lipinski definition) is 2. The van der Waals surface area contributed by atoms with Crippen LogP contribution in [0.5, 0.6) is 0 Å². The third kappa shape index (κ3) is 2.78. The average Bonchev–Trinajstić information content (AvgIpc) is 2.61. The Labute approximate surface area is 103 Å². The fourth-order valence-electron chi connectivity index (χ4n) is 2.56. The highest BCUT2D eigenvalue weighted by atomic mass is 16.2. The number of nitrogens with zero attached hydrogens (tertiary/aromatic N) is 1. The molecule has 1 amide bonds. The summed E-state index contributed by atoms with van der Waals surface area (Å²) in [5.41, 5.74) is 7.40. The topological polar surface area (TPSA) is 46.3 Å². The van der Waals surface area contributed by atoms with Gasteiger partial charge in [0.05, 0.1) is 6.42 Å². The summed E-state index contributed by atoms with van der Waals surface area (Å²) >= 11 is 0. The van der Waals surface area contributed by atoms with Crippen molar-refractivity contribution >= 4 is 11.6 Å². The Hall–Kier alpha value is -1.51. The normalized spacial score (nSPS) is 24.0. The lowest BCUT2D eigenvalue weighted by molar-refractivity contribution is -0.131. The zero-order valence-electron chi connectivity index (χ0n) is 10.5. The summed E-state index contributed by atoms with van der Waals surface area (Å²) in [7, 11) is 0. The van der Waals surface area contributed by atoms with Crippen molar-refractivity contribution in [3.05, 3.63) is 29.8 Å². The lowest BCUT2D eigenvalue weighted by Gasteiger charge is -2.21. The summed E-state index contributed by atoms with van der Waals surface area (Å²) in [6.07, 6.45) is 1.60. The molecule has 2 N–H and O–H groups in total. The van der Waals surface area contributed by atoms with Crippen LogP contribution >= 0.6 is 0 Å². The van der Waals surface area contributed by atoms with Crippen molar-refractivity contribution in [3.8, 4) is 0 Å². The predicted octanol–water partition coefficient (Wildman–Crippen LogP) is 2.07. The Morgan fingerprint density at radius 1 is 1.35 bits per heavy atom. The molecule has 1 aromatic carbocycles. The molecule has 0 spiro atoms. The third-order valence-electron chi connectivity index (χ3n) is 3.44. The maximum atomic E-state index is 12.2. The molecule has 0 aliphatic carbocycles. The van der Waals surface area contributed by atoms with E-state index in [2.05, 4.69) is 13.8 Å². The number of nitrogens with two attached hydrogens (primary N) is 1. The lowest BCUT2D eigenvalue weighted by atomic mass is 10.1. The molecule has 1 aromatic rings. The number of hydrogen-bond donors (Lipinski definition) is 1. The first-order valence-corrected chi connectivity index (χ1v) is 6.20. The van der Waals surface area contributed by atoms with Crippen LogP contribution in [-0.4, -0.2) is 23.4 Å². The van der Waals surface area contributed by atoms with Crippen LogP contribution in [0, 0.1) is 5.92 Å². The molecule has 3 heteroatoms. The number of anilines is 1. The highest BCUT2D eigenvalue weighted by molar-refractivity contribution is 5.79. The van der Waals surface area contributed by atoms with Crippen molar-refractivity contribution in [2.45, 2.75) is 32.7 Å². The van der Waals surface area contributed by atoms with E-state index in [9.17, 15) is 4.79 Å². The van der Waals surface area contributed by atoms with Crippen LogP contribution in [0.4, 0.5) is 5.69 Å². The number of nitrogen functional groups attached to an aromatic ring is 1. The van der Waals surface area contributed by atoms with E-state index in [1.165, 1.54) is 0 Å². The molecule has 1 aliphatic heterocycles. The number of likely N-dealkylation sites (tertiary alicyclic amines) is 1. The Kier molecular flexibility index (Phi) is 3.36. The molecule has 17 heavy (non-hydrogen) atoms. The molecule has 2 unspecified atom stereocenters. The fraction of sp³-hybridized carbons (Fsp3) is 0.500. The van der Waals surface area contributed by atoms with Gasteiger partial charge < -0.3 is 10.6 Å². The monoisotopic (exact) mass is 232 g/mol. The van der Waals surface area contributed by atoms with E-state index in [0.29, 0.717) is 18.4 Å². The quantitative estimate of drug-likeness (QED) is 0.793. The van der Waals surface area contributed by atoms with Crippen molar-refractivity contribution in [2.75, 3.05) is 12.3 Å². The molecule has 0 bridgehead atoms.